The summed E-state index contributed by atoms with van der Waals surface area (Å²) >= 11 is 0. The van der Waals surface area contributed by atoms with E-state index in [1.54, 1.807) is 0 Å². The van der Waals surface area contributed by atoms with E-state index in [0.717, 1.165) is 19.7 Å². The summed E-state index contributed by atoms with van der Waals surface area (Å²) in [6.45, 7) is 3.45. The molecule has 0 saturated carbocycles. The van der Waals surface area contributed by atoms with Gasteiger partial charge < -0.3 is 20.9 Å². The van der Waals surface area contributed by atoms with Gasteiger partial charge in [0.1, 0.15) is 5.82 Å². The number of hydrogen-bond acceptors (Lipinski definition) is 6. The Balaban J connectivity index is 1.58. The number of ether oxygens (including phenoxy) is 1. The Kier molecular flexibility index (Phi) is 3.94. The molecule has 2 atom stereocenters. The van der Waals surface area contributed by atoms with E-state index in [1.165, 1.54) is 25.1 Å². The normalized spacial score (nSPS) is 25.5. The first-order valence-corrected chi connectivity index (χ1v) is 7.22. The van der Waals surface area contributed by atoms with E-state index in [-0.39, 0.29) is 17.4 Å². The molecule has 0 spiro atoms. The number of aromatic nitrogens is 1. The van der Waals surface area contributed by atoms with E-state index in [9.17, 15) is 4.79 Å². The Bertz CT molecular complexity index is 537. The molecule has 0 aliphatic carbocycles. The number of anilines is 2. The summed E-state index contributed by atoms with van der Waals surface area (Å²) < 4.78 is 5.84. The van der Waals surface area contributed by atoms with E-state index < -0.39 is 5.97 Å². The summed E-state index contributed by atoms with van der Waals surface area (Å²) in [6, 6.07) is 2.04. The zero-order chi connectivity index (χ0) is 14.8. The molecule has 7 heteroatoms. The molecule has 0 radical (unpaired) electrons. The van der Waals surface area contributed by atoms with Crippen molar-refractivity contribution in [3.05, 3.63) is 17.8 Å². The number of aromatic carboxylic acids is 1. The third-order valence-electron chi connectivity index (χ3n) is 4.14. The number of carboxylic acid groups (broad SMARTS) is 1. The standard InChI is InChI=1S/C14H20N4O3/c15-12-6-17-13(4-11(12)14(19)20)16-5-10-7-18-3-1-2-9(18)8-21-10/h4,6,9-10H,1-3,5,7-8,15H2,(H,16,17)(H,19,20). The number of nitrogens with zero attached hydrogens (tertiary/aromatic N) is 2. The lowest BCUT2D eigenvalue weighted by atomic mass is 10.2. The molecule has 7 nitrogen and oxygen atoms in total. The monoisotopic (exact) mass is 292 g/mol. The molecular formula is C14H20N4O3. The number of pyridine rings is 1. The number of nitrogens with one attached hydrogen (secondary N) is 1. The number of carbonyl (C=O) groups is 1. The molecule has 2 fully saturated rings. The molecule has 0 bridgehead atoms. The summed E-state index contributed by atoms with van der Waals surface area (Å²) in [6.07, 6.45) is 3.94. The number of carboxylic acids is 1. The lowest BCUT2D eigenvalue weighted by Crippen LogP contribution is -2.48. The van der Waals surface area contributed by atoms with Gasteiger partial charge in [-0.3, -0.25) is 4.90 Å². The zero-order valence-electron chi connectivity index (χ0n) is 11.8. The van der Waals surface area contributed by atoms with Crippen LogP contribution in [0.15, 0.2) is 12.3 Å². The van der Waals surface area contributed by atoms with Gasteiger partial charge in [-0.05, 0) is 25.5 Å². The average molecular weight is 292 g/mol. The van der Waals surface area contributed by atoms with Gasteiger partial charge in [0, 0.05) is 19.1 Å². The van der Waals surface area contributed by atoms with Gasteiger partial charge in [-0.1, -0.05) is 0 Å². The minimum atomic E-state index is -1.05. The summed E-state index contributed by atoms with van der Waals surface area (Å²) in [5.74, 6) is -0.541. The third kappa shape index (κ3) is 3.08. The fourth-order valence-electron chi connectivity index (χ4n) is 2.98. The van der Waals surface area contributed by atoms with Crippen LogP contribution < -0.4 is 11.1 Å². The van der Waals surface area contributed by atoms with Gasteiger partial charge in [0.05, 0.1) is 30.2 Å². The molecule has 3 heterocycles. The molecule has 114 valence electrons. The second-order valence-corrected chi connectivity index (χ2v) is 5.59. The van der Waals surface area contributed by atoms with Crippen molar-refractivity contribution in [2.75, 3.05) is 37.3 Å². The summed E-state index contributed by atoms with van der Waals surface area (Å²) in [5.41, 5.74) is 5.82. The van der Waals surface area contributed by atoms with Crippen molar-refractivity contribution in [3.8, 4) is 0 Å². The topological polar surface area (TPSA) is 101 Å². The highest BCUT2D eigenvalue weighted by molar-refractivity contribution is 5.94. The van der Waals surface area contributed by atoms with Crippen LogP contribution in [0.2, 0.25) is 0 Å². The molecule has 2 saturated heterocycles. The van der Waals surface area contributed by atoms with Gasteiger partial charge >= 0.3 is 5.97 Å². The zero-order valence-corrected chi connectivity index (χ0v) is 11.8. The minimum absolute atomic E-state index is 0.0664. The van der Waals surface area contributed by atoms with Crippen molar-refractivity contribution in [1.29, 1.82) is 0 Å². The Hall–Kier alpha value is -1.86. The molecular weight excluding hydrogens is 272 g/mol. The highest BCUT2D eigenvalue weighted by Crippen LogP contribution is 2.23. The van der Waals surface area contributed by atoms with Crippen LogP contribution in [-0.2, 0) is 4.74 Å². The van der Waals surface area contributed by atoms with Crippen LogP contribution in [0.5, 0.6) is 0 Å². The van der Waals surface area contributed by atoms with E-state index in [4.69, 9.17) is 15.6 Å². The predicted octanol–water partition coefficient (Wildman–Crippen LogP) is 0.637. The number of nitrogens with two attached hydrogens (primary N) is 1. The molecule has 4 N–H and O–H groups in total. The summed E-state index contributed by atoms with van der Waals surface area (Å²) in [7, 11) is 0. The van der Waals surface area contributed by atoms with Crippen LogP contribution in [0.3, 0.4) is 0 Å². The number of fused-ring (bicyclic) bond motifs is 1. The highest BCUT2D eigenvalue weighted by atomic mass is 16.5. The van der Waals surface area contributed by atoms with Gasteiger partial charge in [-0.2, -0.15) is 0 Å². The first-order chi connectivity index (χ1) is 10.1. The van der Waals surface area contributed by atoms with Crippen molar-refractivity contribution in [2.45, 2.75) is 25.0 Å². The van der Waals surface area contributed by atoms with Crippen LogP contribution in [0.1, 0.15) is 23.2 Å². The first-order valence-electron chi connectivity index (χ1n) is 7.22. The van der Waals surface area contributed by atoms with Crippen LogP contribution in [0.25, 0.3) is 0 Å². The van der Waals surface area contributed by atoms with Crippen molar-refractivity contribution in [2.24, 2.45) is 0 Å². The van der Waals surface area contributed by atoms with Crippen molar-refractivity contribution < 1.29 is 14.6 Å². The fraction of sp³-hybridized carbons (Fsp3) is 0.571. The Labute approximate surface area is 123 Å². The quantitative estimate of drug-likeness (QED) is 0.748. The summed E-state index contributed by atoms with van der Waals surface area (Å²) in [5, 5.41) is 12.2. The second kappa shape index (κ2) is 5.87. The van der Waals surface area contributed by atoms with E-state index in [2.05, 4.69) is 15.2 Å². The van der Waals surface area contributed by atoms with E-state index >= 15 is 0 Å². The number of rotatable bonds is 4. The van der Waals surface area contributed by atoms with Crippen molar-refractivity contribution in [1.82, 2.24) is 9.88 Å². The number of hydrogen-bond donors (Lipinski definition) is 3. The largest absolute Gasteiger partial charge is 0.478 e. The van der Waals surface area contributed by atoms with Gasteiger partial charge in [0.2, 0.25) is 0 Å². The maximum atomic E-state index is 11.0. The van der Waals surface area contributed by atoms with Gasteiger partial charge in [0.15, 0.2) is 0 Å². The first kappa shape index (κ1) is 14.1. The average Bonchev–Trinajstić information content (AvgIpc) is 2.93. The molecule has 0 amide bonds. The van der Waals surface area contributed by atoms with Gasteiger partial charge in [-0.15, -0.1) is 0 Å². The van der Waals surface area contributed by atoms with Crippen molar-refractivity contribution in [3.63, 3.8) is 0 Å². The molecule has 0 aromatic carbocycles. The van der Waals surface area contributed by atoms with Crippen molar-refractivity contribution >= 4 is 17.5 Å². The van der Waals surface area contributed by atoms with E-state index in [1.807, 2.05) is 0 Å². The van der Waals surface area contributed by atoms with Crippen LogP contribution in [0, 0.1) is 0 Å². The molecule has 2 aliphatic rings. The third-order valence-corrected chi connectivity index (χ3v) is 4.14. The minimum Gasteiger partial charge on any atom is -0.478 e. The molecule has 2 aliphatic heterocycles. The second-order valence-electron chi connectivity index (χ2n) is 5.59. The van der Waals surface area contributed by atoms with E-state index in [0.29, 0.717) is 18.4 Å². The number of nitrogen functional groups attached to an aromatic ring is 1. The lowest BCUT2D eigenvalue weighted by molar-refractivity contribution is -0.0416. The smallest absolute Gasteiger partial charge is 0.337 e. The Morgan fingerprint density at radius 3 is 3.29 bits per heavy atom. The van der Waals surface area contributed by atoms with Gasteiger partial charge in [0.25, 0.3) is 0 Å². The van der Waals surface area contributed by atoms with Gasteiger partial charge in [-0.25, -0.2) is 9.78 Å². The predicted molar refractivity (Wildman–Crippen MR) is 78.4 cm³/mol. The van der Waals surface area contributed by atoms with Crippen LogP contribution >= 0.6 is 0 Å². The molecule has 2 unspecified atom stereocenters. The maximum absolute atomic E-state index is 11.0. The van der Waals surface area contributed by atoms with Crippen LogP contribution in [-0.4, -0.2) is 59.3 Å². The SMILES string of the molecule is Nc1cnc(NCC2CN3CCCC3CO2)cc1C(=O)O. The molecule has 3 rings (SSSR count). The Morgan fingerprint density at radius 1 is 1.62 bits per heavy atom. The highest BCUT2D eigenvalue weighted by Gasteiger charge is 2.31. The number of morpholine rings is 1. The summed E-state index contributed by atoms with van der Waals surface area (Å²) in [4.78, 5) is 17.6. The molecule has 1 aromatic heterocycles. The molecule has 1 aromatic rings. The van der Waals surface area contributed by atoms with Crippen LogP contribution in [0.4, 0.5) is 11.5 Å². The molecule has 21 heavy (non-hydrogen) atoms. The lowest BCUT2D eigenvalue weighted by Gasteiger charge is -2.35. The maximum Gasteiger partial charge on any atom is 0.337 e. The fourth-order valence-corrected chi connectivity index (χ4v) is 2.98. The Morgan fingerprint density at radius 2 is 2.48 bits per heavy atom.